The Kier molecular flexibility index (Phi) is 17.2. The van der Waals surface area contributed by atoms with Crippen LogP contribution in [0.4, 0.5) is 0 Å². The number of carbonyl (C=O) groups excluding carboxylic acids is 1. The van der Waals surface area contributed by atoms with Gasteiger partial charge in [0.2, 0.25) is 0 Å². The minimum Gasteiger partial charge on any atom is -0.460 e. The summed E-state index contributed by atoms with van der Waals surface area (Å²) in [6.45, 7) is 11.2. The molecule has 0 fully saturated rings. The van der Waals surface area contributed by atoms with Gasteiger partial charge in [-0.25, -0.2) is 4.79 Å². The maximum Gasteiger partial charge on any atom is 0.501 e. The molecule has 0 aliphatic carbocycles. The Hall–Kier alpha value is -0.693. The number of carbonyl (C=O) groups is 1. The first kappa shape index (κ1) is 25.3. The SMILES string of the molecule is C=CC(=O)OCCO[Si](CCCCCCCCCCC)(OCC)OCC. The fourth-order valence-electron chi connectivity index (χ4n) is 2.83. The summed E-state index contributed by atoms with van der Waals surface area (Å²) in [5, 5.41) is 0. The molecule has 0 saturated carbocycles. The van der Waals surface area contributed by atoms with Crippen LogP contribution in [0.25, 0.3) is 0 Å². The molecule has 0 bridgehead atoms. The molecule has 26 heavy (non-hydrogen) atoms. The summed E-state index contributed by atoms with van der Waals surface area (Å²) < 4.78 is 22.7. The van der Waals surface area contributed by atoms with Gasteiger partial charge in [0.15, 0.2) is 0 Å². The lowest BCUT2D eigenvalue weighted by molar-refractivity contribution is -0.138. The van der Waals surface area contributed by atoms with E-state index >= 15 is 0 Å². The van der Waals surface area contributed by atoms with E-state index in [1.807, 2.05) is 13.8 Å². The fourth-order valence-corrected chi connectivity index (χ4v) is 5.47. The lowest BCUT2D eigenvalue weighted by atomic mass is 10.1. The molecule has 0 rings (SSSR count). The van der Waals surface area contributed by atoms with E-state index in [2.05, 4.69) is 13.5 Å². The van der Waals surface area contributed by atoms with E-state index in [4.69, 9.17) is 18.0 Å². The van der Waals surface area contributed by atoms with Crippen LogP contribution in [0.2, 0.25) is 6.04 Å². The van der Waals surface area contributed by atoms with E-state index < -0.39 is 14.8 Å². The molecule has 0 spiro atoms. The van der Waals surface area contributed by atoms with Crippen LogP contribution in [0.3, 0.4) is 0 Å². The summed E-state index contributed by atoms with van der Waals surface area (Å²) in [6.07, 6.45) is 12.7. The molecule has 6 heteroatoms. The van der Waals surface area contributed by atoms with Crippen molar-refractivity contribution >= 4 is 14.8 Å². The average molecular weight is 389 g/mol. The molecule has 0 unspecified atom stereocenters. The summed E-state index contributed by atoms with van der Waals surface area (Å²) in [5.74, 6) is -0.437. The molecule has 0 aliphatic rings. The minimum absolute atomic E-state index is 0.192. The predicted octanol–water partition coefficient (Wildman–Crippen LogP) is 5.27. The van der Waals surface area contributed by atoms with Crippen LogP contribution in [0, 0.1) is 0 Å². The van der Waals surface area contributed by atoms with Crippen LogP contribution < -0.4 is 0 Å². The molecule has 0 N–H and O–H groups in total. The van der Waals surface area contributed by atoms with Crippen LogP contribution in [0.15, 0.2) is 12.7 Å². The largest absolute Gasteiger partial charge is 0.501 e. The molecular formula is C20H40O5Si. The minimum atomic E-state index is -2.68. The molecule has 154 valence electrons. The van der Waals surface area contributed by atoms with Gasteiger partial charge < -0.3 is 18.0 Å². The number of rotatable bonds is 19. The average Bonchev–Trinajstić information content (AvgIpc) is 2.64. The zero-order valence-corrected chi connectivity index (χ0v) is 18.2. The zero-order valence-electron chi connectivity index (χ0n) is 17.2. The van der Waals surface area contributed by atoms with Crippen molar-refractivity contribution in [1.29, 1.82) is 0 Å². The van der Waals surface area contributed by atoms with E-state index in [0.717, 1.165) is 18.5 Å². The van der Waals surface area contributed by atoms with Gasteiger partial charge in [0.1, 0.15) is 6.61 Å². The van der Waals surface area contributed by atoms with Crippen molar-refractivity contribution in [3.63, 3.8) is 0 Å². The van der Waals surface area contributed by atoms with E-state index in [0.29, 0.717) is 19.8 Å². The Morgan fingerprint density at radius 3 is 1.85 bits per heavy atom. The number of ether oxygens (including phenoxy) is 1. The Balaban J connectivity index is 4.11. The molecule has 0 heterocycles. The summed E-state index contributed by atoms with van der Waals surface area (Å²) in [7, 11) is -2.68. The van der Waals surface area contributed by atoms with Gasteiger partial charge in [-0.1, -0.05) is 64.9 Å². The van der Waals surface area contributed by atoms with E-state index in [1.54, 1.807) is 0 Å². The van der Waals surface area contributed by atoms with Crippen molar-refractivity contribution in [2.45, 2.75) is 84.6 Å². The molecule has 0 amide bonds. The normalized spacial score (nSPS) is 11.5. The lowest BCUT2D eigenvalue weighted by Crippen LogP contribution is -2.46. The highest BCUT2D eigenvalue weighted by molar-refractivity contribution is 6.60. The molecule has 0 aromatic carbocycles. The van der Waals surface area contributed by atoms with Gasteiger partial charge in [-0.3, -0.25) is 0 Å². The van der Waals surface area contributed by atoms with Gasteiger partial charge in [0.25, 0.3) is 0 Å². The number of esters is 1. The predicted molar refractivity (Wildman–Crippen MR) is 108 cm³/mol. The quantitative estimate of drug-likeness (QED) is 0.130. The molecular weight excluding hydrogens is 348 g/mol. The third kappa shape index (κ3) is 13.5. The van der Waals surface area contributed by atoms with Gasteiger partial charge in [-0.15, -0.1) is 0 Å². The summed E-state index contributed by atoms with van der Waals surface area (Å²) in [6, 6.07) is 0.819. The summed E-state index contributed by atoms with van der Waals surface area (Å²) in [4.78, 5) is 11.1. The maximum atomic E-state index is 11.1. The Bertz CT molecular complexity index is 343. The Morgan fingerprint density at radius 1 is 0.808 bits per heavy atom. The van der Waals surface area contributed by atoms with Gasteiger partial charge in [-0.2, -0.15) is 0 Å². The molecule has 0 radical (unpaired) electrons. The first-order valence-corrected chi connectivity index (χ1v) is 12.3. The molecule has 0 atom stereocenters. The van der Waals surface area contributed by atoms with Crippen LogP contribution in [-0.4, -0.2) is 41.2 Å². The lowest BCUT2D eigenvalue weighted by Gasteiger charge is -2.28. The Morgan fingerprint density at radius 2 is 1.35 bits per heavy atom. The molecule has 5 nitrogen and oxygen atoms in total. The first-order chi connectivity index (χ1) is 12.6. The number of unbranched alkanes of at least 4 members (excludes halogenated alkanes) is 8. The smallest absolute Gasteiger partial charge is 0.460 e. The first-order valence-electron chi connectivity index (χ1n) is 10.3. The third-order valence-corrected chi connectivity index (χ3v) is 7.20. The van der Waals surface area contributed by atoms with E-state index in [1.165, 1.54) is 51.4 Å². The second kappa shape index (κ2) is 17.7. The second-order valence-corrected chi connectivity index (χ2v) is 9.08. The molecule has 0 saturated heterocycles. The van der Waals surface area contributed by atoms with Crippen molar-refractivity contribution in [3.8, 4) is 0 Å². The van der Waals surface area contributed by atoms with Crippen molar-refractivity contribution < 1.29 is 22.8 Å². The van der Waals surface area contributed by atoms with Crippen molar-refractivity contribution in [2.75, 3.05) is 26.4 Å². The van der Waals surface area contributed by atoms with Gasteiger partial charge in [0.05, 0.1) is 6.61 Å². The Labute approximate surface area is 161 Å². The standard InChI is InChI=1S/C20H40O5Si/c1-5-9-10-11-12-13-14-15-16-19-26(23-7-3,24-8-4)25-18-17-22-20(21)6-2/h6H,2,5,7-19H2,1,3-4H3. The van der Waals surface area contributed by atoms with Crippen LogP contribution in [-0.2, 0) is 22.8 Å². The van der Waals surface area contributed by atoms with Crippen molar-refractivity contribution in [1.82, 2.24) is 0 Å². The van der Waals surface area contributed by atoms with Crippen LogP contribution >= 0.6 is 0 Å². The van der Waals surface area contributed by atoms with E-state index in [9.17, 15) is 4.79 Å². The molecule has 0 aliphatic heterocycles. The van der Waals surface area contributed by atoms with E-state index in [-0.39, 0.29) is 6.61 Å². The highest BCUT2D eigenvalue weighted by Crippen LogP contribution is 2.21. The highest BCUT2D eigenvalue weighted by Gasteiger charge is 2.39. The fraction of sp³-hybridized carbons (Fsp3) is 0.850. The van der Waals surface area contributed by atoms with Gasteiger partial charge in [-0.05, 0) is 20.3 Å². The maximum absolute atomic E-state index is 11.1. The number of hydrogen-bond acceptors (Lipinski definition) is 5. The highest BCUT2D eigenvalue weighted by atomic mass is 28.4. The summed E-state index contributed by atoms with van der Waals surface area (Å²) in [5.41, 5.74) is 0. The summed E-state index contributed by atoms with van der Waals surface area (Å²) >= 11 is 0. The zero-order chi connectivity index (χ0) is 19.5. The number of hydrogen-bond donors (Lipinski definition) is 0. The van der Waals surface area contributed by atoms with Crippen molar-refractivity contribution in [3.05, 3.63) is 12.7 Å². The molecule has 0 aromatic heterocycles. The molecule has 0 aromatic rings. The van der Waals surface area contributed by atoms with Crippen molar-refractivity contribution in [2.24, 2.45) is 0 Å². The van der Waals surface area contributed by atoms with Gasteiger partial charge >= 0.3 is 14.8 Å². The monoisotopic (exact) mass is 388 g/mol. The van der Waals surface area contributed by atoms with Gasteiger partial charge in [0, 0.05) is 25.3 Å². The van der Waals surface area contributed by atoms with Crippen LogP contribution in [0.1, 0.15) is 78.6 Å². The topological polar surface area (TPSA) is 54.0 Å². The third-order valence-electron chi connectivity index (χ3n) is 4.13. The second-order valence-electron chi connectivity index (χ2n) is 6.35. The van der Waals surface area contributed by atoms with Crippen LogP contribution in [0.5, 0.6) is 0 Å².